The summed E-state index contributed by atoms with van der Waals surface area (Å²) in [6.07, 6.45) is 0. The van der Waals surface area contributed by atoms with E-state index in [4.69, 9.17) is 10.2 Å². The van der Waals surface area contributed by atoms with Gasteiger partial charge in [0, 0.05) is 0 Å². The van der Waals surface area contributed by atoms with Crippen LogP contribution in [0.4, 0.5) is 0 Å². The highest BCUT2D eigenvalue weighted by Gasteiger charge is 2.02. The van der Waals surface area contributed by atoms with Gasteiger partial charge in [0.15, 0.2) is 0 Å². The maximum absolute atomic E-state index is 10.1. The summed E-state index contributed by atoms with van der Waals surface area (Å²) in [5, 5.41) is 17.8. The first-order chi connectivity index (χ1) is 4.20. The second kappa shape index (κ2) is 3.99. The van der Waals surface area contributed by atoms with Crippen molar-refractivity contribution in [2.24, 2.45) is 0 Å². The molecular formula is C4H7NO4. The highest BCUT2D eigenvalue weighted by atomic mass is 16.3. The molecule has 2 amide bonds. The Morgan fingerprint density at radius 2 is 1.44 bits per heavy atom. The number of nitrogens with one attached hydrogen (secondary N) is 1. The first-order valence-electron chi connectivity index (χ1n) is 2.25. The van der Waals surface area contributed by atoms with Gasteiger partial charge in [-0.2, -0.15) is 0 Å². The second-order valence-corrected chi connectivity index (χ2v) is 1.29. The number of rotatable bonds is 2. The molecule has 0 fully saturated rings. The zero-order valence-corrected chi connectivity index (χ0v) is 4.63. The van der Waals surface area contributed by atoms with Gasteiger partial charge in [0.2, 0.25) is 0 Å². The number of hydrogen-bond acceptors (Lipinski definition) is 4. The third-order valence-corrected chi connectivity index (χ3v) is 0.566. The van der Waals surface area contributed by atoms with E-state index in [1.54, 1.807) is 5.32 Å². The molecule has 5 heteroatoms. The van der Waals surface area contributed by atoms with E-state index >= 15 is 0 Å². The third-order valence-electron chi connectivity index (χ3n) is 0.566. The van der Waals surface area contributed by atoms with E-state index in [0.29, 0.717) is 0 Å². The molecule has 0 aromatic carbocycles. The number of amides is 2. The number of carbonyl (C=O) groups excluding carboxylic acids is 2. The van der Waals surface area contributed by atoms with Crippen molar-refractivity contribution in [3.05, 3.63) is 0 Å². The summed E-state index contributed by atoms with van der Waals surface area (Å²) in [6, 6.07) is 0. The molecule has 0 rings (SSSR count). The molecule has 5 nitrogen and oxygen atoms in total. The van der Waals surface area contributed by atoms with Gasteiger partial charge < -0.3 is 10.2 Å². The maximum atomic E-state index is 10.1. The van der Waals surface area contributed by atoms with Crippen LogP contribution < -0.4 is 5.32 Å². The number of imide groups is 1. The van der Waals surface area contributed by atoms with Gasteiger partial charge in [-0.1, -0.05) is 0 Å². The fourth-order valence-corrected chi connectivity index (χ4v) is 0.235. The van der Waals surface area contributed by atoms with Gasteiger partial charge in [0.05, 0.1) is 0 Å². The highest BCUT2D eigenvalue weighted by Crippen LogP contribution is 1.63. The Morgan fingerprint density at radius 3 is 1.67 bits per heavy atom. The molecule has 0 heterocycles. The summed E-state index contributed by atoms with van der Waals surface area (Å²) < 4.78 is 0. The van der Waals surface area contributed by atoms with Crippen molar-refractivity contribution in [1.82, 2.24) is 5.32 Å². The minimum absolute atomic E-state index is 0.744. The van der Waals surface area contributed by atoms with E-state index in [2.05, 4.69) is 0 Å². The molecule has 0 bridgehead atoms. The average Bonchev–Trinajstić information content (AvgIpc) is 1.87. The van der Waals surface area contributed by atoms with Crippen LogP contribution in [-0.2, 0) is 9.59 Å². The molecule has 9 heavy (non-hydrogen) atoms. The molecular weight excluding hydrogens is 126 g/mol. The summed E-state index contributed by atoms with van der Waals surface area (Å²) >= 11 is 0. The zero-order chi connectivity index (χ0) is 7.28. The minimum atomic E-state index is -0.811. The number of aliphatic hydroxyl groups excluding tert-OH is 2. The number of carbonyl (C=O) groups is 2. The molecule has 0 saturated carbocycles. The highest BCUT2D eigenvalue weighted by molar-refractivity contribution is 5.96. The van der Waals surface area contributed by atoms with Crippen LogP contribution in [0.5, 0.6) is 0 Å². The van der Waals surface area contributed by atoms with Crippen molar-refractivity contribution < 1.29 is 19.8 Å². The summed E-state index contributed by atoms with van der Waals surface area (Å²) in [7, 11) is 0. The number of hydrogen-bond donors (Lipinski definition) is 3. The fraction of sp³-hybridized carbons (Fsp3) is 0.500. The molecule has 0 aliphatic heterocycles. The van der Waals surface area contributed by atoms with Crippen LogP contribution in [0.1, 0.15) is 0 Å². The van der Waals surface area contributed by atoms with E-state index in [9.17, 15) is 9.59 Å². The lowest BCUT2D eigenvalue weighted by atomic mass is 10.6. The Morgan fingerprint density at radius 1 is 1.11 bits per heavy atom. The standard InChI is InChI=1S/C4H7NO4/c6-1-3(8)5-4(9)2-7/h6-7H,1-2H2,(H,5,8,9). The van der Waals surface area contributed by atoms with E-state index in [1.165, 1.54) is 0 Å². The Kier molecular flexibility index (Phi) is 3.57. The Hall–Kier alpha value is -0.940. The molecule has 0 aliphatic carbocycles. The topological polar surface area (TPSA) is 86.6 Å². The normalized spacial score (nSPS) is 8.67. The van der Waals surface area contributed by atoms with Crippen LogP contribution in [0.25, 0.3) is 0 Å². The van der Waals surface area contributed by atoms with Crippen molar-refractivity contribution >= 4 is 11.8 Å². The molecule has 3 N–H and O–H groups in total. The van der Waals surface area contributed by atoms with Crippen molar-refractivity contribution in [3.63, 3.8) is 0 Å². The van der Waals surface area contributed by atoms with Crippen molar-refractivity contribution in [2.45, 2.75) is 0 Å². The molecule has 52 valence electrons. The Labute approximate surface area is 51.3 Å². The van der Waals surface area contributed by atoms with E-state index in [0.717, 1.165) is 0 Å². The largest absolute Gasteiger partial charge is 0.387 e. The van der Waals surface area contributed by atoms with Crippen molar-refractivity contribution in [3.8, 4) is 0 Å². The van der Waals surface area contributed by atoms with Gasteiger partial charge in [-0.15, -0.1) is 0 Å². The fourth-order valence-electron chi connectivity index (χ4n) is 0.235. The molecule has 0 atom stereocenters. The molecule has 0 aliphatic rings. The summed E-state index contributed by atoms with van der Waals surface area (Å²) in [5.74, 6) is -1.62. The predicted octanol–water partition coefficient (Wildman–Crippen LogP) is -2.39. The van der Waals surface area contributed by atoms with Gasteiger partial charge in [0.1, 0.15) is 13.2 Å². The Balaban J connectivity index is 3.47. The summed E-state index contributed by atoms with van der Waals surface area (Å²) in [4.78, 5) is 20.2. The van der Waals surface area contributed by atoms with Crippen LogP contribution in [0.3, 0.4) is 0 Å². The molecule has 0 spiro atoms. The van der Waals surface area contributed by atoms with Gasteiger partial charge in [-0.25, -0.2) is 0 Å². The van der Waals surface area contributed by atoms with Crippen LogP contribution in [0.2, 0.25) is 0 Å². The van der Waals surface area contributed by atoms with E-state index < -0.39 is 25.0 Å². The van der Waals surface area contributed by atoms with Crippen LogP contribution >= 0.6 is 0 Å². The lowest BCUT2D eigenvalue weighted by Gasteiger charge is -1.95. The summed E-state index contributed by atoms with van der Waals surface area (Å²) in [5.41, 5.74) is 0. The third kappa shape index (κ3) is 3.63. The predicted molar refractivity (Wildman–Crippen MR) is 27.3 cm³/mol. The van der Waals surface area contributed by atoms with Crippen LogP contribution in [0.15, 0.2) is 0 Å². The van der Waals surface area contributed by atoms with Gasteiger partial charge in [-0.3, -0.25) is 14.9 Å². The summed E-state index contributed by atoms with van der Waals surface area (Å²) in [6.45, 7) is -1.49. The minimum Gasteiger partial charge on any atom is -0.387 e. The lowest BCUT2D eigenvalue weighted by Crippen LogP contribution is -2.34. The van der Waals surface area contributed by atoms with Gasteiger partial charge in [0.25, 0.3) is 11.8 Å². The first-order valence-corrected chi connectivity index (χ1v) is 2.25. The number of aliphatic hydroxyl groups is 2. The maximum Gasteiger partial charge on any atom is 0.252 e. The smallest absolute Gasteiger partial charge is 0.252 e. The first kappa shape index (κ1) is 8.06. The zero-order valence-electron chi connectivity index (χ0n) is 4.63. The molecule has 0 radical (unpaired) electrons. The van der Waals surface area contributed by atoms with E-state index in [1.807, 2.05) is 0 Å². The molecule has 0 saturated heterocycles. The average molecular weight is 133 g/mol. The Bertz CT molecular complexity index is 108. The second-order valence-electron chi connectivity index (χ2n) is 1.29. The molecule has 0 aromatic rings. The van der Waals surface area contributed by atoms with Crippen LogP contribution in [-0.4, -0.2) is 35.2 Å². The van der Waals surface area contributed by atoms with E-state index in [-0.39, 0.29) is 0 Å². The van der Waals surface area contributed by atoms with Crippen molar-refractivity contribution in [2.75, 3.05) is 13.2 Å². The van der Waals surface area contributed by atoms with Crippen molar-refractivity contribution in [1.29, 1.82) is 0 Å². The van der Waals surface area contributed by atoms with Crippen LogP contribution in [0, 0.1) is 0 Å². The van der Waals surface area contributed by atoms with Gasteiger partial charge >= 0.3 is 0 Å². The quantitative estimate of drug-likeness (QED) is 0.392. The molecule has 0 unspecified atom stereocenters. The SMILES string of the molecule is O=C(CO)NC(=O)CO. The lowest BCUT2D eigenvalue weighted by molar-refractivity contribution is -0.133. The molecule has 0 aromatic heterocycles. The van der Waals surface area contributed by atoms with Gasteiger partial charge in [-0.05, 0) is 0 Å². The monoisotopic (exact) mass is 133 g/mol.